The molecule has 24 heavy (non-hydrogen) atoms. The minimum atomic E-state index is -0.283. The van der Waals surface area contributed by atoms with Gasteiger partial charge in [-0.15, -0.1) is 11.3 Å². The van der Waals surface area contributed by atoms with E-state index in [1.807, 2.05) is 30.5 Å². The van der Waals surface area contributed by atoms with Crippen molar-refractivity contribution in [2.24, 2.45) is 0 Å². The lowest BCUT2D eigenvalue weighted by Crippen LogP contribution is -2.12. The second kappa shape index (κ2) is 6.94. The fourth-order valence-electron chi connectivity index (χ4n) is 2.24. The number of hydrogen-bond donors (Lipinski definition) is 2. The summed E-state index contributed by atoms with van der Waals surface area (Å²) >= 11 is 6.48. The quantitative estimate of drug-likeness (QED) is 0.678. The molecule has 1 aromatic carbocycles. The fraction of sp³-hybridized carbons (Fsp3) is 0.118. The third-order valence-electron chi connectivity index (χ3n) is 3.42. The summed E-state index contributed by atoms with van der Waals surface area (Å²) in [6, 6.07) is 9.30. The van der Waals surface area contributed by atoms with Crippen LogP contribution in [-0.4, -0.2) is 23.0 Å². The molecule has 0 atom stereocenters. The van der Waals surface area contributed by atoms with Crippen LogP contribution < -0.4 is 10.1 Å². The van der Waals surface area contributed by atoms with Crippen molar-refractivity contribution in [3.8, 4) is 17.0 Å². The van der Waals surface area contributed by atoms with Crippen molar-refractivity contribution in [3.05, 3.63) is 57.7 Å². The van der Waals surface area contributed by atoms with Gasteiger partial charge in [-0.05, 0) is 31.2 Å². The highest BCUT2D eigenvalue weighted by Crippen LogP contribution is 2.33. The van der Waals surface area contributed by atoms with E-state index >= 15 is 0 Å². The Morgan fingerprint density at radius 3 is 2.96 bits per heavy atom. The molecular weight excluding hydrogens is 342 g/mol. The maximum atomic E-state index is 12.3. The number of methoxy groups -OCH3 is 1. The van der Waals surface area contributed by atoms with E-state index in [-0.39, 0.29) is 5.91 Å². The number of rotatable bonds is 4. The molecule has 5 nitrogen and oxygen atoms in total. The molecule has 1 amide bonds. The highest BCUT2D eigenvalue weighted by molar-refractivity contribution is 7.71. The number of aryl methyl sites for hydroxylation is 1. The highest BCUT2D eigenvalue weighted by atomic mass is 32.1. The second-order valence-corrected chi connectivity index (χ2v) is 6.38. The van der Waals surface area contributed by atoms with Crippen molar-refractivity contribution < 1.29 is 9.53 Å². The van der Waals surface area contributed by atoms with Gasteiger partial charge in [0.15, 0.2) is 5.13 Å². The summed E-state index contributed by atoms with van der Waals surface area (Å²) in [5.41, 5.74) is 3.18. The van der Waals surface area contributed by atoms with Crippen LogP contribution in [0.15, 0.2) is 41.9 Å². The summed E-state index contributed by atoms with van der Waals surface area (Å²) in [6.45, 7) is 2.01. The summed E-state index contributed by atoms with van der Waals surface area (Å²) in [5, 5.41) is 5.18. The molecule has 0 spiro atoms. The van der Waals surface area contributed by atoms with E-state index in [2.05, 4.69) is 15.3 Å². The van der Waals surface area contributed by atoms with Crippen LogP contribution >= 0.6 is 23.6 Å². The van der Waals surface area contributed by atoms with E-state index in [0.29, 0.717) is 15.3 Å². The fourth-order valence-corrected chi connectivity index (χ4v) is 3.18. The smallest absolute Gasteiger partial charge is 0.260 e. The number of carbonyl (C=O) groups is 1. The van der Waals surface area contributed by atoms with Gasteiger partial charge in [-0.2, -0.15) is 0 Å². The van der Waals surface area contributed by atoms with Crippen LogP contribution in [0.1, 0.15) is 15.9 Å². The zero-order valence-electron chi connectivity index (χ0n) is 13.1. The normalized spacial score (nSPS) is 10.4. The van der Waals surface area contributed by atoms with Gasteiger partial charge in [-0.25, -0.2) is 4.98 Å². The second-order valence-electron chi connectivity index (χ2n) is 5.11. The number of thiazole rings is 1. The monoisotopic (exact) mass is 357 g/mol. The third-order valence-corrected chi connectivity index (χ3v) is 4.51. The van der Waals surface area contributed by atoms with E-state index in [4.69, 9.17) is 17.0 Å². The summed E-state index contributed by atoms with van der Waals surface area (Å²) in [6.07, 6.45) is 1.69. The van der Waals surface area contributed by atoms with Gasteiger partial charge < -0.3 is 9.72 Å². The van der Waals surface area contributed by atoms with Gasteiger partial charge in [0.2, 0.25) is 0 Å². The van der Waals surface area contributed by atoms with E-state index in [1.54, 1.807) is 25.4 Å². The van der Waals surface area contributed by atoms with Crippen LogP contribution in [0.4, 0.5) is 5.13 Å². The number of H-pyrrole nitrogens is 1. The number of anilines is 1. The van der Waals surface area contributed by atoms with Gasteiger partial charge in [0.05, 0.1) is 18.4 Å². The first kappa shape index (κ1) is 16.4. The Bertz CT molecular complexity index is 947. The Kier molecular flexibility index (Phi) is 4.73. The predicted molar refractivity (Wildman–Crippen MR) is 98.4 cm³/mol. The lowest BCUT2D eigenvalue weighted by Gasteiger charge is -2.07. The first-order chi connectivity index (χ1) is 11.6. The zero-order chi connectivity index (χ0) is 17.1. The van der Waals surface area contributed by atoms with Crippen LogP contribution in [0.25, 0.3) is 11.3 Å². The van der Waals surface area contributed by atoms with Crippen LogP contribution in [0.2, 0.25) is 0 Å². The molecule has 0 radical (unpaired) electrons. The number of pyridine rings is 1. The van der Waals surface area contributed by atoms with Crippen molar-refractivity contribution in [1.29, 1.82) is 0 Å². The molecule has 7 heteroatoms. The first-order valence-electron chi connectivity index (χ1n) is 7.18. The molecule has 2 aromatic heterocycles. The maximum absolute atomic E-state index is 12.3. The number of aromatic amines is 1. The van der Waals surface area contributed by atoms with Gasteiger partial charge in [-0.3, -0.25) is 10.1 Å². The van der Waals surface area contributed by atoms with Crippen molar-refractivity contribution in [3.63, 3.8) is 0 Å². The van der Waals surface area contributed by atoms with Gasteiger partial charge in [0, 0.05) is 17.1 Å². The number of carbonyl (C=O) groups excluding carboxylic acids is 1. The molecular formula is C17H15N3O2S2. The van der Waals surface area contributed by atoms with E-state index in [1.165, 1.54) is 11.3 Å². The van der Waals surface area contributed by atoms with E-state index < -0.39 is 0 Å². The summed E-state index contributed by atoms with van der Waals surface area (Å²) in [7, 11) is 1.63. The van der Waals surface area contributed by atoms with Gasteiger partial charge >= 0.3 is 0 Å². The summed E-state index contributed by atoms with van der Waals surface area (Å²) in [5.74, 6) is 0.461. The highest BCUT2D eigenvalue weighted by Gasteiger charge is 2.13. The maximum Gasteiger partial charge on any atom is 0.260 e. The SMILES string of the molecule is COc1ccc(C)cc1-c1csc(NC(=O)c2ccc[nH]c2=S)n1. The number of amides is 1. The number of ether oxygens (including phenoxy) is 1. The Morgan fingerprint density at radius 2 is 2.21 bits per heavy atom. The zero-order valence-corrected chi connectivity index (χ0v) is 14.8. The number of hydrogen-bond acceptors (Lipinski definition) is 5. The van der Waals surface area contributed by atoms with E-state index in [9.17, 15) is 4.79 Å². The molecule has 0 saturated heterocycles. The Balaban J connectivity index is 1.87. The average molecular weight is 357 g/mol. The largest absolute Gasteiger partial charge is 0.496 e. The first-order valence-corrected chi connectivity index (χ1v) is 8.47. The Hall–Kier alpha value is -2.51. The molecule has 0 aliphatic heterocycles. The lowest BCUT2D eigenvalue weighted by molar-refractivity contribution is 0.102. The van der Waals surface area contributed by atoms with E-state index in [0.717, 1.165) is 22.6 Å². The van der Waals surface area contributed by atoms with Gasteiger partial charge in [0.25, 0.3) is 5.91 Å². The van der Waals surface area contributed by atoms with Crippen LogP contribution in [0.5, 0.6) is 5.75 Å². The minimum absolute atomic E-state index is 0.283. The number of nitrogens with one attached hydrogen (secondary N) is 2. The number of nitrogens with zero attached hydrogens (tertiary/aromatic N) is 1. The molecule has 0 aliphatic carbocycles. The van der Waals surface area contributed by atoms with Crippen LogP contribution in [0.3, 0.4) is 0 Å². The van der Waals surface area contributed by atoms with Crippen LogP contribution in [-0.2, 0) is 0 Å². The molecule has 3 rings (SSSR count). The lowest BCUT2D eigenvalue weighted by atomic mass is 10.1. The van der Waals surface area contributed by atoms with Crippen molar-refractivity contribution in [2.75, 3.05) is 12.4 Å². The molecule has 3 aromatic rings. The molecule has 0 bridgehead atoms. The predicted octanol–water partition coefficient (Wildman–Crippen LogP) is 4.44. The van der Waals surface area contributed by atoms with Gasteiger partial charge in [0.1, 0.15) is 10.4 Å². The molecule has 122 valence electrons. The summed E-state index contributed by atoms with van der Waals surface area (Å²) in [4.78, 5) is 19.6. The Labute approximate surface area is 148 Å². The summed E-state index contributed by atoms with van der Waals surface area (Å²) < 4.78 is 5.79. The molecule has 0 unspecified atom stereocenters. The topological polar surface area (TPSA) is 67.0 Å². The molecule has 0 fully saturated rings. The van der Waals surface area contributed by atoms with Gasteiger partial charge in [-0.1, -0.05) is 23.8 Å². The number of aromatic nitrogens is 2. The Morgan fingerprint density at radius 1 is 1.38 bits per heavy atom. The van der Waals surface area contributed by atoms with Crippen molar-refractivity contribution in [1.82, 2.24) is 9.97 Å². The van der Waals surface area contributed by atoms with Crippen molar-refractivity contribution in [2.45, 2.75) is 6.92 Å². The molecule has 2 heterocycles. The third kappa shape index (κ3) is 3.37. The minimum Gasteiger partial charge on any atom is -0.496 e. The standard InChI is InChI=1S/C17H15N3O2S2/c1-10-5-6-14(22-2)12(8-10)13-9-24-17(19-13)20-15(21)11-4-3-7-18-16(11)23/h3-9H,1-2H3,(H,18,23)(H,19,20,21). The number of benzene rings is 1. The van der Waals surface area contributed by atoms with Crippen LogP contribution in [0, 0.1) is 11.6 Å². The molecule has 0 saturated carbocycles. The molecule has 2 N–H and O–H groups in total. The van der Waals surface area contributed by atoms with Crippen molar-refractivity contribution >= 4 is 34.6 Å². The average Bonchev–Trinajstić information content (AvgIpc) is 3.03. The molecule has 0 aliphatic rings.